The van der Waals surface area contributed by atoms with Crippen molar-refractivity contribution in [3.63, 3.8) is 0 Å². The minimum Gasteiger partial charge on any atom is -0.326 e. The number of carbonyl (C=O) groups is 3. The van der Waals surface area contributed by atoms with Crippen LogP contribution in [0.25, 0.3) is 0 Å². The quantitative estimate of drug-likeness (QED) is 0.199. The molecule has 3 aromatic carbocycles. The number of halogens is 5. The molecule has 4 N–H and O–H groups in total. The van der Waals surface area contributed by atoms with Gasteiger partial charge in [-0.2, -0.15) is 0 Å². The third-order valence-corrected chi connectivity index (χ3v) is 7.09. The molecule has 0 aromatic heterocycles. The summed E-state index contributed by atoms with van der Waals surface area (Å²) in [6.07, 6.45) is 0. The Labute approximate surface area is 231 Å². The first kappa shape index (κ1) is 26.4. The van der Waals surface area contributed by atoms with E-state index >= 15 is 0 Å². The predicted octanol–water partition coefficient (Wildman–Crippen LogP) is 6.64. The van der Waals surface area contributed by atoms with Crippen molar-refractivity contribution in [1.29, 1.82) is 0 Å². The van der Waals surface area contributed by atoms with Gasteiger partial charge in [0.1, 0.15) is 4.33 Å². The van der Waals surface area contributed by atoms with Gasteiger partial charge in [0, 0.05) is 27.3 Å². The molecule has 0 spiro atoms. The SMILES string of the molecule is O=C(NNC(=O)c1cc(NC(=O)C2[C@@H](c3cc(Cl)cc(Cl)c3)C2(Cl)Cl)ccc1Cl)Nc1ccccc1. The van der Waals surface area contributed by atoms with Gasteiger partial charge in [0.25, 0.3) is 5.91 Å². The smallest absolute Gasteiger partial charge is 0.326 e. The largest absolute Gasteiger partial charge is 0.337 e. The number of rotatable bonds is 5. The summed E-state index contributed by atoms with van der Waals surface area (Å²) in [6, 6.07) is 17.2. The number of nitrogens with one attached hydrogen (secondary N) is 4. The molecular weight excluding hydrogens is 570 g/mol. The molecule has 0 heterocycles. The summed E-state index contributed by atoms with van der Waals surface area (Å²) in [5.74, 6) is -2.47. The van der Waals surface area contributed by atoms with E-state index in [0.717, 1.165) is 0 Å². The fourth-order valence-corrected chi connectivity index (χ4v) is 5.26. The fourth-order valence-electron chi connectivity index (χ4n) is 3.68. The second-order valence-electron chi connectivity index (χ2n) is 7.92. The van der Waals surface area contributed by atoms with Crippen LogP contribution in [0.3, 0.4) is 0 Å². The number of urea groups is 1. The van der Waals surface area contributed by atoms with Crippen LogP contribution in [0.15, 0.2) is 66.7 Å². The molecule has 1 aliphatic carbocycles. The van der Waals surface area contributed by atoms with Crippen molar-refractivity contribution in [1.82, 2.24) is 10.9 Å². The third kappa shape index (κ3) is 5.99. The Morgan fingerprint density at radius 3 is 2.08 bits per heavy atom. The third-order valence-electron chi connectivity index (χ3n) is 5.38. The first-order chi connectivity index (χ1) is 17.1. The molecule has 1 saturated carbocycles. The Morgan fingerprint density at radius 1 is 0.750 bits per heavy atom. The van der Waals surface area contributed by atoms with Crippen molar-refractivity contribution < 1.29 is 14.4 Å². The topological polar surface area (TPSA) is 99.3 Å². The van der Waals surface area contributed by atoms with E-state index in [1.165, 1.54) is 18.2 Å². The fraction of sp³-hybridized carbons (Fsp3) is 0.125. The zero-order valence-corrected chi connectivity index (χ0v) is 21.9. The molecule has 186 valence electrons. The molecule has 36 heavy (non-hydrogen) atoms. The molecule has 1 unspecified atom stereocenters. The molecule has 4 rings (SSSR count). The number of carbonyl (C=O) groups excluding carboxylic acids is 3. The molecule has 1 fully saturated rings. The number of anilines is 2. The Kier molecular flexibility index (Phi) is 7.87. The molecule has 4 amide bonds. The normalized spacial score (nSPS) is 17.6. The van der Waals surface area contributed by atoms with Gasteiger partial charge in [-0.3, -0.25) is 15.0 Å². The lowest BCUT2D eigenvalue weighted by atomic mass is 10.1. The Hall–Kier alpha value is -2.68. The standard InChI is InChI=1S/C24H17Cl5N4O3/c25-13-8-12(9-14(26)10-13)19-20(24(19,28)29)22(35)30-16-6-7-18(27)17(11-16)21(34)32-33-23(36)31-15-4-2-1-3-5-15/h1-11,19-20H,(H,30,35)(H,32,34)(H2,31,33,36)/t19-,20?/m1/s1. The van der Waals surface area contributed by atoms with Crippen LogP contribution in [0.5, 0.6) is 0 Å². The summed E-state index contributed by atoms with van der Waals surface area (Å²) in [4.78, 5) is 37.6. The van der Waals surface area contributed by atoms with E-state index in [9.17, 15) is 14.4 Å². The van der Waals surface area contributed by atoms with Crippen molar-refractivity contribution in [3.05, 3.63) is 92.9 Å². The Morgan fingerprint density at radius 2 is 1.42 bits per heavy atom. The lowest BCUT2D eigenvalue weighted by molar-refractivity contribution is -0.117. The average Bonchev–Trinajstić information content (AvgIpc) is 3.41. The van der Waals surface area contributed by atoms with E-state index in [1.54, 1.807) is 48.5 Å². The molecular formula is C24H17Cl5N4O3. The van der Waals surface area contributed by atoms with E-state index in [4.69, 9.17) is 58.0 Å². The zero-order valence-electron chi connectivity index (χ0n) is 18.1. The van der Waals surface area contributed by atoms with Gasteiger partial charge in [0.15, 0.2) is 0 Å². The summed E-state index contributed by atoms with van der Waals surface area (Å²) < 4.78 is -1.36. The van der Waals surface area contributed by atoms with Gasteiger partial charge in [0.05, 0.1) is 16.5 Å². The van der Waals surface area contributed by atoms with Crippen LogP contribution in [0.1, 0.15) is 21.8 Å². The molecule has 12 heteroatoms. The first-order valence-electron chi connectivity index (χ1n) is 10.4. The molecule has 0 radical (unpaired) electrons. The molecule has 3 aromatic rings. The molecule has 2 atom stereocenters. The van der Waals surface area contributed by atoms with Gasteiger partial charge in [-0.05, 0) is 54.1 Å². The van der Waals surface area contributed by atoms with Gasteiger partial charge >= 0.3 is 6.03 Å². The summed E-state index contributed by atoms with van der Waals surface area (Å²) in [7, 11) is 0. The van der Waals surface area contributed by atoms with E-state index < -0.39 is 34.0 Å². The van der Waals surface area contributed by atoms with Crippen LogP contribution < -0.4 is 21.5 Å². The van der Waals surface area contributed by atoms with Crippen LogP contribution in [-0.2, 0) is 4.79 Å². The highest BCUT2D eigenvalue weighted by Gasteiger charge is 2.67. The van der Waals surface area contributed by atoms with E-state index in [0.29, 0.717) is 21.3 Å². The second-order valence-corrected chi connectivity index (χ2v) is 10.6. The Balaban J connectivity index is 1.40. The van der Waals surface area contributed by atoms with Crippen LogP contribution >= 0.6 is 58.0 Å². The van der Waals surface area contributed by atoms with Gasteiger partial charge in [-0.25, -0.2) is 10.2 Å². The summed E-state index contributed by atoms with van der Waals surface area (Å²) in [6.45, 7) is 0. The monoisotopic (exact) mass is 584 g/mol. The van der Waals surface area contributed by atoms with E-state index in [2.05, 4.69) is 21.5 Å². The second kappa shape index (κ2) is 10.7. The van der Waals surface area contributed by atoms with Crippen LogP contribution in [-0.4, -0.2) is 22.2 Å². The zero-order chi connectivity index (χ0) is 26.0. The van der Waals surface area contributed by atoms with Crippen molar-refractivity contribution >= 4 is 87.2 Å². The van der Waals surface area contributed by atoms with E-state index in [1.807, 2.05) is 0 Å². The number of alkyl halides is 2. The van der Waals surface area contributed by atoms with Crippen molar-refractivity contribution in [3.8, 4) is 0 Å². The van der Waals surface area contributed by atoms with Crippen LogP contribution in [0, 0.1) is 5.92 Å². The van der Waals surface area contributed by atoms with Gasteiger partial charge in [0.2, 0.25) is 5.91 Å². The van der Waals surface area contributed by atoms with Crippen molar-refractivity contribution in [2.75, 3.05) is 10.6 Å². The molecule has 0 bridgehead atoms. The number of benzene rings is 3. The maximum Gasteiger partial charge on any atom is 0.337 e. The molecule has 0 aliphatic heterocycles. The van der Waals surface area contributed by atoms with Crippen molar-refractivity contribution in [2.24, 2.45) is 5.92 Å². The summed E-state index contributed by atoms with van der Waals surface area (Å²) in [5, 5.41) is 6.15. The highest BCUT2D eigenvalue weighted by atomic mass is 35.5. The number of amides is 4. The number of para-hydroxylation sites is 1. The summed E-state index contributed by atoms with van der Waals surface area (Å²) >= 11 is 31.1. The van der Waals surface area contributed by atoms with Crippen molar-refractivity contribution in [2.45, 2.75) is 10.3 Å². The summed E-state index contributed by atoms with van der Waals surface area (Å²) in [5.41, 5.74) is 5.97. The van der Waals surface area contributed by atoms with E-state index in [-0.39, 0.29) is 16.3 Å². The lowest BCUT2D eigenvalue weighted by Gasteiger charge is -2.11. The lowest BCUT2D eigenvalue weighted by Crippen LogP contribution is -2.44. The highest BCUT2D eigenvalue weighted by molar-refractivity contribution is 6.53. The van der Waals surface area contributed by atoms with Crippen LogP contribution in [0.4, 0.5) is 16.2 Å². The van der Waals surface area contributed by atoms with Gasteiger partial charge < -0.3 is 10.6 Å². The number of hydrazine groups is 1. The maximum atomic E-state index is 13.0. The molecule has 1 aliphatic rings. The first-order valence-corrected chi connectivity index (χ1v) is 12.3. The van der Waals surface area contributed by atoms with Crippen LogP contribution in [0.2, 0.25) is 15.1 Å². The number of hydrogen-bond acceptors (Lipinski definition) is 3. The average molecular weight is 587 g/mol. The molecule has 0 saturated heterocycles. The maximum absolute atomic E-state index is 13.0. The Bertz CT molecular complexity index is 1320. The van der Waals surface area contributed by atoms with Gasteiger partial charge in [-0.1, -0.05) is 53.0 Å². The minimum atomic E-state index is -1.36. The minimum absolute atomic E-state index is 0.0199. The van der Waals surface area contributed by atoms with Gasteiger partial charge in [-0.15, -0.1) is 23.2 Å². The highest BCUT2D eigenvalue weighted by Crippen LogP contribution is 2.65. The molecule has 7 nitrogen and oxygen atoms in total. The number of hydrogen-bond donors (Lipinski definition) is 4. The predicted molar refractivity (Wildman–Crippen MR) is 143 cm³/mol.